The van der Waals surface area contributed by atoms with Crippen LogP contribution in [0.25, 0.3) is 0 Å². The second-order valence-electron chi connectivity index (χ2n) is 2.35. The average Bonchev–Trinajstić information content (AvgIpc) is 1.89. The lowest BCUT2D eigenvalue weighted by molar-refractivity contribution is 0.179. The van der Waals surface area contributed by atoms with Crippen LogP contribution in [0.15, 0.2) is 0 Å². The summed E-state index contributed by atoms with van der Waals surface area (Å²) in [5.41, 5.74) is 0. The molecule has 0 atom stereocenters. The van der Waals surface area contributed by atoms with E-state index < -0.39 is 6.49 Å². The van der Waals surface area contributed by atoms with Gasteiger partial charge in [0.15, 0.2) is 6.49 Å². The molecule has 1 aliphatic heterocycles. The Morgan fingerprint density at radius 1 is 1.40 bits per heavy atom. The maximum atomic E-state index is 5.41. The van der Waals surface area contributed by atoms with Gasteiger partial charge >= 0.3 is 0 Å². The van der Waals surface area contributed by atoms with Gasteiger partial charge in [-0.05, 0) is 24.6 Å². The summed E-state index contributed by atoms with van der Waals surface area (Å²) in [6.45, 7) is 1.93. The molecule has 0 spiro atoms. The molecule has 0 aromatic heterocycles. The number of hydrogen-bond acceptors (Lipinski definition) is 3. The van der Waals surface area contributed by atoms with Gasteiger partial charge < -0.3 is 9.05 Å². The van der Waals surface area contributed by atoms with Crippen molar-refractivity contribution >= 4 is 18.3 Å². The molecular formula is C6H13O2PS. The van der Waals surface area contributed by atoms with E-state index in [1.807, 2.05) is 0 Å². The van der Waals surface area contributed by atoms with Crippen molar-refractivity contribution in [3.63, 3.8) is 0 Å². The Morgan fingerprint density at radius 3 is 2.50 bits per heavy atom. The fourth-order valence-corrected chi connectivity index (χ4v) is 3.60. The molecule has 2 nitrogen and oxygen atoms in total. The summed E-state index contributed by atoms with van der Waals surface area (Å²) in [6.07, 6.45) is 3.00. The molecule has 60 valence electrons. The van der Waals surface area contributed by atoms with Crippen molar-refractivity contribution in [1.29, 1.82) is 0 Å². The summed E-state index contributed by atoms with van der Waals surface area (Å²) in [4.78, 5) is 0. The van der Waals surface area contributed by atoms with Crippen molar-refractivity contribution in [2.24, 2.45) is 0 Å². The highest BCUT2D eigenvalue weighted by molar-refractivity contribution is 8.09. The van der Waals surface area contributed by atoms with Crippen LogP contribution in [0.2, 0.25) is 0 Å². The van der Waals surface area contributed by atoms with Gasteiger partial charge in [-0.2, -0.15) is 0 Å². The minimum Gasteiger partial charge on any atom is -0.329 e. The first-order valence-electron chi connectivity index (χ1n) is 3.65. The summed E-state index contributed by atoms with van der Waals surface area (Å²) >= 11 is 5.22. The predicted octanol–water partition coefficient (Wildman–Crippen LogP) is 2.14. The number of rotatable bonds is 2. The molecule has 0 N–H and O–H groups in total. The molecule has 0 aliphatic carbocycles. The van der Waals surface area contributed by atoms with E-state index in [1.54, 1.807) is 0 Å². The van der Waals surface area contributed by atoms with Gasteiger partial charge in [-0.15, -0.1) is 0 Å². The molecule has 1 saturated heterocycles. The second kappa shape index (κ2) is 3.82. The molecule has 4 heteroatoms. The SMILES string of the molecule is CCCP1(=S)OCCCO1. The van der Waals surface area contributed by atoms with E-state index in [2.05, 4.69) is 6.92 Å². The van der Waals surface area contributed by atoms with Crippen LogP contribution in [-0.2, 0) is 20.9 Å². The Hall–Kier alpha value is 0.570. The molecule has 1 fully saturated rings. The zero-order chi connectivity index (χ0) is 7.45. The molecule has 0 aromatic carbocycles. The molecule has 1 heterocycles. The summed E-state index contributed by atoms with van der Waals surface area (Å²) in [7, 11) is 0. The highest BCUT2D eigenvalue weighted by Gasteiger charge is 2.20. The van der Waals surface area contributed by atoms with E-state index >= 15 is 0 Å². The van der Waals surface area contributed by atoms with Gasteiger partial charge in [0.05, 0.1) is 13.2 Å². The summed E-state index contributed by atoms with van der Waals surface area (Å²) in [5.74, 6) is 0. The third-order valence-corrected chi connectivity index (χ3v) is 4.69. The van der Waals surface area contributed by atoms with Gasteiger partial charge in [0, 0.05) is 6.16 Å². The molecule has 1 aliphatic rings. The Kier molecular flexibility index (Phi) is 3.31. The first-order valence-corrected chi connectivity index (χ1v) is 6.47. The van der Waals surface area contributed by atoms with Crippen LogP contribution in [0.1, 0.15) is 19.8 Å². The molecule has 0 aromatic rings. The van der Waals surface area contributed by atoms with Gasteiger partial charge in [-0.3, -0.25) is 0 Å². The summed E-state index contributed by atoms with van der Waals surface area (Å²) in [6, 6.07) is 0. The second-order valence-corrected chi connectivity index (χ2v) is 6.21. The van der Waals surface area contributed by atoms with E-state index in [0.717, 1.165) is 32.2 Å². The smallest absolute Gasteiger partial charge is 0.188 e. The lowest BCUT2D eigenvalue weighted by Crippen LogP contribution is -2.09. The van der Waals surface area contributed by atoms with Crippen LogP contribution in [0.4, 0.5) is 0 Å². The molecular weight excluding hydrogens is 167 g/mol. The molecule has 0 amide bonds. The number of hydrogen-bond donors (Lipinski definition) is 0. The third kappa shape index (κ3) is 2.31. The highest BCUT2D eigenvalue weighted by atomic mass is 32.5. The van der Waals surface area contributed by atoms with Crippen LogP contribution in [0, 0.1) is 0 Å². The average molecular weight is 180 g/mol. The minimum atomic E-state index is -1.78. The molecule has 0 unspecified atom stereocenters. The van der Waals surface area contributed by atoms with Crippen molar-refractivity contribution in [2.45, 2.75) is 19.8 Å². The van der Waals surface area contributed by atoms with E-state index in [4.69, 9.17) is 20.9 Å². The molecule has 0 bridgehead atoms. The normalized spacial score (nSPS) is 24.5. The van der Waals surface area contributed by atoms with E-state index in [9.17, 15) is 0 Å². The lowest BCUT2D eigenvalue weighted by atomic mass is 10.5. The van der Waals surface area contributed by atoms with Crippen molar-refractivity contribution < 1.29 is 9.05 Å². The van der Waals surface area contributed by atoms with Crippen LogP contribution >= 0.6 is 6.49 Å². The topological polar surface area (TPSA) is 18.5 Å². The standard InChI is InChI=1S/C6H13O2PS/c1-2-6-9(10)7-4-3-5-8-9/h2-6H2,1H3. The first kappa shape index (κ1) is 8.66. The fraction of sp³-hybridized carbons (Fsp3) is 1.00. The van der Waals surface area contributed by atoms with E-state index in [0.29, 0.717) is 0 Å². The molecule has 0 saturated carbocycles. The van der Waals surface area contributed by atoms with E-state index in [1.165, 1.54) is 0 Å². The van der Waals surface area contributed by atoms with Crippen molar-refractivity contribution in [3.05, 3.63) is 0 Å². The molecule has 1 rings (SSSR count). The zero-order valence-corrected chi connectivity index (χ0v) is 7.92. The van der Waals surface area contributed by atoms with Crippen LogP contribution in [0.5, 0.6) is 0 Å². The first-order chi connectivity index (χ1) is 4.77. The van der Waals surface area contributed by atoms with Crippen molar-refractivity contribution in [3.8, 4) is 0 Å². The monoisotopic (exact) mass is 180 g/mol. The lowest BCUT2D eigenvalue weighted by Gasteiger charge is -2.25. The van der Waals surface area contributed by atoms with Gasteiger partial charge in [0.2, 0.25) is 0 Å². The highest BCUT2D eigenvalue weighted by Crippen LogP contribution is 2.51. The summed E-state index contributed by atoms with van der Waals surface area (Å²) < 4.78 is 10.8. The summed E-state index contributed by atoms with van der Waals surface area (Å²) in [5, 5.41) is 0. The molecule has 10 heavy (non-hydrogen) atoms. The van der Waals surface area contributed by atoms with Crippen LogP contribution in [-0.4, -0.2) is 19.4 Å². The third-order valence-electron chi connectivity index (χ3n) is 1.36. The van der Waals surface area contributed by atoms with Gasteiger partial charge in [0.25, 0.3) is 0 Å². The maximum Gasteiger partial charge on any atom is 0.188 e. The van der Waals surface area contributed by atoms with Crippen LogP contribution < -0.4 is 0 Å². The van der Waals surface area contributed by atoms with E-state index in [-0.39, 0.29) is 0 Å². The van der Waals surface area contributed by atoms with Gasteiger partial charge in [-0.1, -0.05) is 6.92 Å². The maximum absolute atomic E-state index is 5.41. The zero-order valence-electron chi connectivity index (χ0n) is 6.21. The van der Waals surface area contributed by atoms with Crippen molar-refractivity contribution in [1.82, 2.24) is 0 Å². The Morgan fingerprint density at radius 2 is 2.00 bits per heavy atom. The predicted molar refractivity (Wildman–Crippen MR) is 46.0 cm³/mol. The van der Waals surface area contributed by atoms with Crippen LogP contribution in [0.3, 0.4) is 0 Å². The van der Waals surface area contributed by atoms with Gasteiger partial charge in [0.1, 0.15) is 0 Å². The Balaban J connectivity index is 2.41. The molecule has 0 radical (unpaired) electrons. The van der Waals surface area contributed by atoms with Crippen molar-refractivity contribution in [2.75, 3.05) is 19.4 Å². The minimum absolute atomic E-state index is 0.803. The largest absolute Gasteiger partial charge is 0.329 e. The van der Waals surface area contributed by atoms with Gasteiger partial charge in [-0.25, -0.2) is 0 Å². The Labute approximate surface area is 67.1 Å². The quantitative estimate of drug-likeness (QED) is 0.606. The fourth-order valence-electron chi connectivity index (χ4n) is 0.906. The Bertz CT molecular complexity index is 130.